The Morgan fingerprint density at radius 3 is 2.86 bits per heavy atom. The molecule has 1 rings (SSSR count). The molecule has 0 bridgehead atoms. The Morgan fingerprint density at radius 2 is 2.29 bits per heavy atom. The van der Waals surface area contributed by atoms with E-state index in [0.717, 1.165) is 0 Å². The van der Waals surface area contributed by atoms with Gasteiger partial charge in [-0.15, -0.1) is 0 Å². The van der Waals surface area contributed by atoms with Crippen LogP contribution >= 0.6 is 11.6 Å². The van der Waals surface area contributed by atoms with Crippen molar-refractivity contribution in [3.8, 4) is 5.75 Å². The fourth-order valence-corrected chi connectivity index (χ4v) is 1.27. The molecule has 1 aromatic carbocycles. The fraction of sp³-hybridized carbons (Fsp3) is 0.300. The SMILES string of the molecule is CCC(=O)c1cc(Cl)ccc1OCF. The van der Waals surface area contributed by atoms with E-state index in [9.17, 15) is 9.18 Å². The quantitative estimate of drug-likeness (QED) is 0.723. The monoisotopic (exact) mass is 216 g/mol. The van der Waals surface area contributed by atoms with Gasteiger partial charge in [0.15, 0.2) is 5.78 Å². The van der Waals surface area contributed by atoms with Gasteiger partial charge in [0.05, 0.1) is 5.56 Å². The number of ketones is 1. The van der Waals surface area contributed by atoms with E-state index in [1.807, 2.05) is 0 Å². The van der Waals surface area contributed by atoms with Crippen molar-refractivity contribution in [2.75, 3.05) is 6.86 Å². The van der Waals surface area contributed by atoms with Crippen LogP contribution in [0.4, 0.5) is 4.39 Å². The first-order chi connectivity index (χ1) is 6.69. The van der Waals surface area contributed by atoms with Gasteiger partial charge in [0.25, 0.3) is 0 Å². The number of ether oxygens (including phenoxy) is 1. The average Bonchev–Trinajstić information content (AvgIpc) is 2.20. The summed E-state index contributed by atoms with van der Waals surface area (Å²) in [7, 11) is 0. The number of halogens is 2. The molecule has 0 aliphatic heterocycles. The number of carbonyl (C=O) groups excluding carboxylic acids is 1. The zero-order chi connectivity index (χ0) is 10.6. The smallest absolute Gasteiger partial charge is 0.228 e. The van der Waals surface area contributed by atoms with Crippen LogP contribution in [0.2, 0.25) is 5.02 Å². The lowest BCUT2D eigenvalue weighted by Gasteiger charge is -2.07. The maximum absolute atomic E-state index is 12.0. The summed E-state index contributed by atoms with van der Waals surface area (Å²) >= 11 is 5.72. The molecule has 0 amide bonds. The number of rotatable bonds is 4. The Morgan fingerprint density at radius 1 is 1.57 bits per heavy atom. The maximum Gasteiger partial charge on any atom is 0.228 e. The third-order valence-electron chi connectivity index (χ3n) is 1.77. The summed E-state index contributed by atoms with van der Waals surface area (Å²) in [4.78, 5) is 11.4. The van der Waals surface area contributed by atoms with E-state index in [1.165, 1.54) is 12.1 Å². The molecule has 0 aromatic heterocycles. The number of Topliss-reactive ketones (excluding diaryl/α,β-unsaturated/α-hetero) is 1. The van der Waals surface area contributed by atoms with Crippen molar-refractivity contribution in [1.29, 1.82) is 0 Å². The normalized spacial score (nSPS) is 9.93. The van der Waals surface area contributed by atoms with Crippen molar-refractivity contribution < 1.29 is 13.9 Å². The number of hydrogen-bond acceptors (Lipinski definition) is 2. The van der Waals surface area contributed by atoms with Crippen LogP contribution < -0.4 is 4.74 Å². The molecule has 0 saturated heterocycles. The molecule has 2 nitrogen and oxygen atoms in total. The summed E-state index contributed by atoms with van der Waals surface area (Å²) < 4.78 is 16.6. The van der Waals surface area contributed by atoms with E-state index >= 15 is 0 Å². The van der Waals surface area contributed by atoms with Crippen LogP contribution in [0.15, 0.2) is 18.2 Å². The predicted octanol–water partition coefficient (Wildman–Crippen LogP) is 3.24. The molecule has 14 heavy (non-hydrogen) atoms. The van der Waals surface area contributed by atoms with Crippen LogP contribution in [0.3, 0.4) is 0 Å². The van der Waals surface area contributed by atoms with Crippen molar-refractivity contribution in [1.82, 2.24) is 0 Å². The second kappa shape index (κ2) is 4.96. The van der Waals surface area contributed by atoms with Gasteiger partial charge in [-0.2, -0.15) is 0 Å². The Balaban J connectivity index is 3.08. The maximum atomic E-state index is 12.0. The lowest BCUT2D eigenvalue weighted by atomic mass is 10.1. The van der Waals surface area contributed by atoms with E-state index in [-0.39, 0.29) is 11.5 Å². The third-order valence-corrected chi connectivity index (χ3v) is 2.01. The number of carbonyl (C=O) groups is 1. The Labute approximate surface area is 86.6 Å². The Hall–Kier alpha value is -1.09. The van der Waals surface area contributed by atoms with Gasteiger partial charge in [-0.3, -0.25) is 4.79 Å². The minimum absolute atomic E-state index is 0.115. The van der Waals surface area contributed by atoms with Gasteiger partial charge < -0.3 is 4.74 Å². The molecule has 1 aromatic rings. The largest absolute Gasteiger partial charge is 0.462 e. The molecule has 0 fully saturated rings. The van der Waals surface area contributed by atoms with Crippen LogP contribution in [0.25, 0.3) is 0 Å². The van der Waals surface area contributed by atoms with Gasteiger partial charge in [-0.05, 0) is 18.2 Å². The molecule has 76 valence electrons. The lowest BCUT2D eigenvalue weighted by Crippen LogP contribution is -2.02. The molecule has 0 spiro atoms. The average molecular weight is 217 g/mol. The summed E-state index contributed by atoms with van der Waals surface area (Å²) in [6.45, 7) is 0.772. The third kappa shape index (κ3) is 2.45. The molecular formula is C10H10ClFO2. The predicted molar refractivity (Wildman–Crippen MR) is 52.7 cm³/mol. The lowest BCUT2D eigenvalue weighted by molar-refractivity contribution is 0.0981. The molecular weight excluding hydrogens is 207 g/mol. The summed E-state index contributed by atoms with van der Waals surface area (Å²) in [5, 5.41) is 0.438. The van der Waals surface area contributed by atoms with E-state index in [1.54, 1.807) is 13.0 Å². The first-order valence-corrected chi connectivity index (χ1v) is 4.58. The summed E-state index contributed by atoms with van der Waals surface area (Å²) in [5.74, 6) is 0.125. The van der Waals surface area contributed by atoms with Crippen molar-refractivity contribution in [2.24, 2.45) is 0 Å². The van der Waals surface area contributed by atoms with Gasteiger partial charge in [-0.1, -0.05) is 18.5 Å². The van der Waals surface area contributed by atoms with Crippen molar-refractivity contribution in [3.05, 3.63) is 28.8 Å². The fourth-order valence-electron chi connectivity index (χ4n) is 1.10. The topological polar surface area (TPSA) is 26.3 Å². The number of benzene rings is 1. The zero-order valence-corrected chi connectivity index (χ0v) is 8.47. The first-order valence-electron chi connectivity index (χ1n) is 4.20. The van der Waals surface area contributed by atoms with E-state index in [0.29, 0.717) is 17.0 Å². The van der Waals surface area contributed by atoms with Crippen molar-refractivity contribution in [2.45, 2.75) is 13.3 Å². The van der Waals surface area contributed by atoms with Crippen LogP contribution in [-0.2, 0) is 0 Å². The Kier molecular flexibility index (Phi) is 3.89. The van der Waals surface area contributed by atoms with Gasteiger partial charge in [0, 0.05) is 11.4 Å². The minimum atomic E-state index is -0.953. The molecule has 0 unspecified atom stereocenters. The molecule has 0 saturated carbocycles. The van der Waals surface area contributed by atoms with Gasteiger partial charge >= 0.3 is 0 Å². The van der Waals surface area contributed by atoms with Gasteiger partial charge in [0.1, 0.15) is 5.75 Å². The molecule has 0 aliphatic rings. The van der Waals surface area contributed by atoms with Crippen LogP contribution in [0, 0.1) is 0 Å². The number of alkyl halides is 1. The number of hydrogen-bond donors (Lipinski definition) is 0. The molecule has 0 aliphatic carbocycles. The van der Waals surface area contributed by atoms with Crippen molar-refractivity contribution >= 4 is 17.4 Å². The molecule has 0 N–H and O–H groups in total. The molecule has 0 atom stereocenters. The highest BCUT2D eigenvalue weighted by Crippen LogP contribution is 2.24. The second-order valence-electron chi connectivity index (χ2n) is 2.67. The summed E-state index contributed by atoms with van der Waals surface area (Å²) in [6, 6.07) is 4.53. The van der Waals surface area contributed by atoms with E-state index < -0.39 is 6.86 Å². The standard InChI is InChI=1S/C10H10ClFO2/c1-2-9(13)8-5-7(11)3-4-10(8)14-6-12/h3-5H,2,6H2,1H3. The highest BCUT2D eigenvalue weighted by Gasteiger charge is 2.11. The zero-order valence-electron chi connectivity index (χ0n) is 7.72. The summed E-state index contributed by atoms with van der Waals surface area (Å²) in [5.41, 5.74) is 0.331. The first kappa shape index (κ1) is 11.0. The molecule has 0 radical (unpaired) electrons. The van der Waals surface area contributed by atoms with Gasteiger partial charge in [-0.25, -0.2) is 4.39 Å². The van der Waals surface area contributed by atoms with E-state index in [4.69, 9.17) is 11.6 Å². The highest BCUT2D eigenvalue weighted by molar-refractivity contribution is 6.31. The minimum Gasteiger partial charge on any atom is -0.462 e. The van der Waals surface area contributed by atoms with Gasteiger partial charge in [0.2, 0.25) is 6.86 Å². The van der Waals surface area contributed by atoms with Crippen molar-refractivity contribution in [3.63, 3.8) is 0 Å². The highest BCUT2D eigenvalue weighted by atomic mass is 35.5. The van der Waals surface area contributed by atoms with Crippen LogP contribution in [0.1, 0.15) is 23.7 Å². The van der Waals surface area contributed by atoms with Crippen LogP contribution in [0.5, 0.6) is 5.75 Å². The second-order valence-corrected chi connectivity index (χ2v) is 3.11. The molecule has 0 heterocycles. The Bertz CT molecular complexity index is 339. The van der Waals surface area contributed by atoms with Crippen LogP contribution in [-0.4, -0.2) is 12.6 Å². The summed E-state index contributed by atoms with van der Waals surface area (Å²) in [6.07, 6.45) is 0.336. The van der Waals surface area contributed by atoms with E-state index in [2.05, 4.69) is 4.74 Å². The molecule has 4 heteroatoms.